The Balaban J connectivity index is 0.00000121. The van der Waals surface area contributed by atoms with E-state index in [2.05, 4.69) is 15.7 Å². The number of anilines is 1. The van der Waals surface area contributed by atoms with Gasteiger partial charge in [0.2, 0.25) is 0 Å². The second-order valence-electron chi connectivity index (χ2n) is 5.20. The Morgan fingerprint density at radius 1 is 1.41 bits per heavy atom. The zero-order valence-corrected chi connectivity index (χ0v) is 14.6. The summed E-state index contributed by atoms with van der Waals surface area (Å²) in [5.41, 5.74) is 9.06. The van der Waals surface area contributed by atoms with Crippen molar-refractivity contribution in [3.05, 3.63) is 45.4 Å². The lowest BCUT2D eigenvalue weighted by atomic mass is 10.1. The van der Waals surface area contributed by atoms with Gasteiger partial charge in [-0.15, -0.1) is 36.2 Å². The van der Waals surface area contributed by atoms with Crippen LogP contribution in [0.1, 0.15) is 45.4 Å². The molecule has 0 aliphatic heterocycles. The third-order valence-corrected chi connectivity index (χ3v) is 4.34. The van der Waals surface area contributed by atoms with E-state index in [1.807, 2.05) is 13.0 Å². The van der Waals surface area contributed by atoms with Crippen LogP contribution in [0.2, 0.25) is 0 Å². The summed E-state index contributed by atoms with van der Waals surface area (Å²) in [7, 11) is 0. The van der Waals surface area contributed by atoms with Crippen LogP contribution in [0.4, 0.5) is 5.69 Å². The van der Waals surface area contributed by atoms with Crippen LogP contribution in [0.5, 0.6) is 0 Å². The molecule has 22 heavy (non-hydrogen) atoms. The minimum atomic E-state index is -0.0991. The molecule has 7 heteroatoms. The standard InChI is InChI=1S/C15H17N3OS.2ClH/c1-9-2-5-11(16)6-12(9)15(19)17-7-14-18-13(8-20-14)10-3-4-10;;/h2,5-6,8,10H,3-4,7,16H2,1H3,(H,17,19);2*1H. The van der Waals surface area contributed by atoms with Crippen LogP contribution in [0.25, 0.3) is 0 Å². The summed E-state index contributed by atoms with van der Waals surface area (Å²) < 4.78 is 0. The van der Waals surface area contributed by atoms with Crippen LogP contribution in [-0.4, -0.2) is 10.9 Å². The number of rotatable bonds is 4. The van der Waals surface area contributed by atoms with Crippen LogP contribution in [0, 0.1) is 6.92 Å². The number of carbonyl (C=O) groups excluding carboxylic acids is 1. The molecule has 1 fully saturated rings. The third-order valence-electron chi connectivity index (χ3n) is 3.47. The molecule has 0 spiro atoms. The quantitative estimate of drug-likeness (QED) is 0.818. The molecule has 1 heterocycles. The van der Waals surface area contributed by atoms with E-state index >= 15 is 0 Å². The van der Waals surface area contributed by atoms with Crippen molar-refractivity contribution in [1.82, 2.24) is 10.3 Å². The number of hydrogen-bond donors (Lipinski definition) is 2. The summed E-state index contributed by atoms with van der Waals surface area (Å²) in [6, 6.07) is 5.37. The van der Waals surface area contributed by atoms with Crippen molar-refractivity contribution in [2.45, 2.75) is 32.2 Å². The number of hydrogen-bond acceptors (Lipinski definition) is 4. The highest BCUT2D eigenvalue weighted by molar-refractivity contribution is 7.09. The fourth-order valence-electron chi connectivity index (χ4n) is 2.11. The molecule has 1 saturated carbocycles. The highest BCUT2D eigenvalue weighted by Gasteiger charge is 2.26. The highest BCUT2D eigenvalue weighted by Crippen LogP contribution is 2.40. The molecule has 0 radical (unpaired) electrons. The molecule has 4 nitrogen and oxygen atoms in total. The molecule has 1 aliphatic carbocycles. The Morgan fingerprint density at radius 2 is 2.14 bits per heavy atom. The van der Waals surface area contributed by atoms with E-state index in [0.717, 1.165) is 10.6 Å². The van der Waals surface area contributed by atoms with Gasteiger partial charge in [0.05, 0.1) is 12.2 Å². The minimum absolute atomic E-state index is 0. The summed E-state index contributed by atoms with van der Waals surface area (Å²) in [4.78, 5) is 16.7. The molecule has 1 amide bonds. The Labute approximate surface area is 146 Å². The van der Waals surface area contributed by atoms with Gasteiger partial charge in [0.1, 0.15) is 5.01 Å². The van der Waals surface area contributed by atoms with Gasteiger partial charge in [-0.25, -0.2) is 4.98 Å². The number of halogens is 2. The largest absolute Gasteiger partial charge is 0.399 e. The van der Waals surface area contributed by atoms with E-state index in [9.17, 15) is 4.79 Å². The Hall–Kier alpha value is -1.30. The van der Waals surface area contributed by atoms with Crippen LogP contribution < -0.4 is 11.1 Å². The molecule has 1 aromatic carbocycles. The van der Waals surface area contributed by atoms with Crippen molar-refractivity contribution >= 4 is 47.7 Å². The first-order valence-corrected chi connectivity index (χ1v) is 7.60. The van der Waals surface area contributed by atoms with Gasteiger partial charge in [-0.1, -0.05) is 6.07 Å². The molecular formula is C15H19Cl2N3OS. The number of thiazole rings is 1. The first-order valence-electron chi connectivity index (χ1n) is 6.72. The first kappa shape index (κ1) is 18.7. The lowest BCUT2D eigenvalue weighted by molar-refractivity contribution is 0.0950. The topological polar surface area (TPSA) is 68.0 Å². The SMILES string of the molecule is Cc1ccc(N)cc1C(=O)NCc1nc(C2CC2)cs1.Cl.Cl. The smallest absolute Gasteiger partial charge is 0.251 e. The number of aromatic nitrogens is 1. The second kappa shape index (κ2) is 7.81. The van der Waals surface area contributed by atoms with Gasteiger partial charge in [-0.2, -0.15) is 0 Å². The maximum atomic E-state index is 12.2. The average Bonchev–Trinajstić information content (AvgIpc) is 3.18. The Morgan fingerprint density at radius 3 is 2.82 bits per heavy atom. The predicted molar refractivity (Wildman–Crippen MR) is 95.3 cm³/mol. The summed E-state index contributed by atoms with van der Waals surface area (Å²) in [5, 5.41) is 5.97. The highest BCUT2D eigenvalue weighted by atomic mass is 35.5. The summed E-state index contributed by atoms with van der Waals surface area (Å²) in [6.07, 6.45) is 2.50. The average molecular weight is 360 g/mol. The molecule has 3 N–H and O–H groups in total. The van der Waals surface area contributed by atoms with E-state index in [4.69, 9.17) is 5.73 Å². The van der Waals surface area contributed by atoms with Gasteiger partial charge in [0.15, 0.2) is 0 Å². The van der Waals surface area contributed by atoms with Crippen molar-refractivity contribution < 1.29 is 4.79 Å². The predicted octanol–water partition coefficient (Wildman–Crippen LogP) is 3.68. The molecule has 2 aromatic rings. The molecule has 3 rings (SSSR count). The van der Waals surface area contributed by atoms with Crippen LogP contribution in [0.3, 0.4) is 0 Å². The van der Waals surface area contributed by atoms with Gasteiger partial charge < -0.3 is 11.1 Å². The summed E-state index contributed by atoms with van der Waals surface area (Å²) in [6.45, 7) is 2.38. The van der Waals surface area contributed by atoms with Crippen LogP contribution >= 0.6 is 36.2 Å². The molecule has 120 valence electrons. The number of benzene rings is 1. The monoisotopic (exact) mass is 359 g/mol. The van der Waals surface area contributed by atoms with E-state index in [-0.39, 0.29) is 30.7 Å². The molecule has 1 aromatic heterocycles. The fourth-order valence-corrected chi connectivity index (χ4v) is 2.92. The van der Waals surface area contributed by atoms with E-state index in [1.54, 1.807) is 23.5 Å². The zero-order chi connectivity index (χ0) is 14.1. The number of aryl methyl sites for hydroxylation is 1. The molecule has 1 aliphatic rings. The normalized spacial score (nSPS) is 13.0. The van der Waals surface area contributed by atoms with Crippen molar-refractivity contribution in [1.29, 1.82) is 0 Å². The lowest BCUT2D eigenvalue weighted by Crippen LogP contribution is -2.23. The molecule has 0 saturated heterocycles. The lowest BCUT2D eigenvalue weighted by Gasteiger charge is -2.07. The maximum Gasteiger partial charge on any atom is 0.251 e. The zero-order valence-electron chi connectivity index (χ0n) is 12.2. The van der Waals surface area contributed by atoms with Crippen LogP contribution in [-0.2, 0) is 6.54 Å². The second-order valence-corrected chi connectivity index (χ2v) is 6.14. The van der Waals surface area contributed by atoms with Gasteiger partial charge in [-0.3, -0.25) is 4.79 Å². The number of nitrogens with zero attached hydrogens (tertiary/aromatic N) is 1. The number of nitrogens with two attached hydrogens (primary N) is 1. The molecule has 0 atom stereocenters. The Bertz CT molecular complexity index is 656. The number of nitrogens with one attached hydrogen (secondary N) is 1. The fraction of sp³-hybridized carbons (Fsp3) is 0.333. The van der Waals surface area contributed by atoms with E-state index in [1.165, 1.54) is 18.5 Å². The van der Waals surface area contributed by atoms with Crippen molar-refractivity contribution in [2.75, 3.05) is 5.73 Å². The van der Waals surface area contributed by atoms with Gasteiger partial charge >= 0.3 is 0 Å². The first-order chi connectivity index (χ1) is 9.63. The summed E-state index contributed by atoms with van der Waals surface area (Å²) in [5.74, 6) is 0.560. The number of amides is 1. The number of nitrogen functional groups attached to an aromatic ring is 1. The number of carbonyl (C=O) groups is 1. The Kier molecular flexibility index (Phi) is 6.66. The van der Waals surface area contributed by atoms with Gasteiger partial charge in [0.25, 0.3) is 5.91 Å². The van der Waals surface area contributed by atoms with Crippen molar-refractivity contribution in [3.8, 4) is 0 Å². The van der Waals surface area contributed by atoms with E-state index in [0.29, 0.717) is 23.7 Å². The third kappa shape index (κ3) is 4.35. The molecule has 0 bridgehead atoms. The van der Waals surface area contributed by atoms with Crippen molar-refractivity contribution in [2.24, 2.45) is 0 Å². The summed E-state index contributed by atoms with van der Waals surface area (Å²) >= 11 is 1.61. The van der Waals surface area contributed by atoms with E-state index < -0.39 is 0 Å². The minimum Gasteiger partial charge on any atom is -0.399 e. The molecular weight excluding hydrogens is 341 g/mol. The van der Waals surface area contributed by atoms with Crippen LogP contribution in [0.15, 0.2) is 23.6 Å². The molecule has 0 unspecified atom stereocenters. The van der Waals surface area contributed by atoms with Gasteiger partial charge in [-0.05, 0) is 37.5 Å². The van der Waals surface area contributed by atoms with Gasteiger partial charge in [0, 0.05) is 22.5 Å². The maximum absolute atomic E-state index is 12.2. The van der Waals surface area contributed by atoms with Crippen molar-refractivity contribution in [3.63, 3.8) is 0 Å².